The minimum absolute atomic E-state index is 0.245. The zero-order valence-electron chi connectivity index (χ0n) is 6.37. The van der Waals surface area contributed by atoms with E-state index >= 15 is 0 Å². The molecule has 3 rings (SSSR count). The molecule has 0 unspecified atom stereocenters. The van der Waals surface area contributed by atoms with E-state index in [0.717, 1.165) is 24.1 Å². The lowest BCUT2D eigenvalue weighted by Crippen LogP contribution is -2.00. The van der Waals surface area contributed by atoms with Gasteiger partial charge in [-0.05, 0) is 24.7 Å². The van der Waals surface area contributed by atoms with Crippen LogP contribution in [0, 0.1) is 5.92 Å². The SMILES string of the molecule is O=C(O)c1n[nH]c2c1[C@@H]1C[C@@H]1C2. The average Bonchev–Trinajstić information content (AvgIpc) is 2.53. The van der Waals surface area contributed by atoms with E-state index in [9.17, 15) is 4.79 Å². The van der Waals surface area contributed by atoms with Gasteiger partial charge in [0.05, 0.1) is 0 Å². The van der Waals surface area contributed by atoms with Crippen LogP contribution in [0.1, 0.15) is 34.1 Å². The fraction of sp³-hybridized carbons (Fsp3) is 0.500. The standard InChI is InChI=1S/C8H8N2O2/c11-8(12)7-6-4-1-3(4)2-5(6)9-10-7/h3-4H,1-2H2,(H,9,10)(H,11,12)/t3-,4-/m1/s1. The van der Waals surface area contributed by atoms with Gasteiger partial charge in [0.2, 0.25) is 0 Å². The largest absolute Gasteiger partial charge is 0.476 e. The average molecular weight is 164 g/mol. The first kappa shape index (κ1) is 6.22. The summed E-state index contributed by atoms with van der Waals surface area (Å²) in [5.74, 6) is 0.317. The van der Waals surface area contributed by atoms with Gasteiger partial charge < -0.3 is 5.11 Å². The Labute approximate surface area is 68.6 Å². The van der Waals surface area contributed by atoms with Crippen molar-refractivity contribution in [1.82, 2.24) is 10.2 Å². The highest BCUT2D eigenvalue weighted by Gasteiger charge is 2.48. The molecule has 1 fully saturated rings. The second-order valence-electron chi connectivity index (χ2n) is 3.58. The summed E-state index contributed by atoms with van der Waals surface area (Å²) < 4.78 is 0. The molecule has 0 aliphatic heterocycles. The van der Waals surface area contributed by atoms with E-state index in [1.165, 1.54) is 0 Å². The van der Waals surface area contributed by atoms with Gasteiger partial charge >= 0.3 is 5.97 Å². The molecule has 0 bridgehead atoms. The van der Waals surface area contributed by atoms with Crippen LogP contribution in [0.15, 0.2) is 0 Å². The summed E-state index contributed by atoms with van der Waals surface area (Å²) in [5, 5.41) is 15.4. The molecule has 0 aromatic carbocycles. The molecule has 1 saturated carbocycles. The Bertz CT molecular complexity index is 369. The second kappa shape index (κ2) is 1.71. The van der Waals surface area contributed by atoms with Crippen molar-refractivity contribution in [2.75, 3.05) is 0 Å². The zero-order chi connectivity index (χ0) is 8.29. The number of aromatic carboxylic acids is 1. The number of aromatic nitrogens is 2. The minimum Gasteiger partial charge on any atom is -0.476 e. The monoisotopic (exact) mass is 164 g/mol. The Morgan fingerprint density at radius 3 is 3.25 bits per heavy atom. The van der Waals surface area contributed by atoms with Crippen LogP contribution in [0.25, 0.3) is 0 Å². The van der Waals surface area contributed by atoms with Crippen molar-refractivity contribution in [3.8, 4) is 0 Å². The van der Waals surface area contributed by atoms with Crippen molar-refractivity contribution in [3.63, 3.8) is 0 Å². The number of rotatable bonds is 1. The molecule has 2 N–H and O–H groups in total. The van der Waals surface area contributed by atoms with Gasteiger partial charge in [0.1, 0.15) is 0 Å². The number of fused-ring (bicyclic) bond motifs is 3. The lowest BCUT2D eigenvalue weighted by atomic mass is 10.1. The molecule has 0 radical (unpaired) electrons. The lowest BCUT2D eigenvalue weighted by molar-refractivity contribution is 0.0689. The van der Waals surface area contributed by atoms with Crippen molar-refractivity contribution in [2.45, 2.75) is 18.8 Å². The van der Waals surface area contributed by atoms with Gasteiger partial charge in [-0.2, -0.15) is 5.10 Å². The number of hydrogen-bond acceptors (Lipinski definition) is 2. The van der Waals surface area contributed by atoms with E-state index in [0.29, 0.717) is 11.8 Å². The van der Waals surface area contributed by atoms with Crippen molar-refractivity contribution >= 4 is 5.97 Å². The molecular formula is C8H8N2O2. The van der Waals surface area contributed by atoms with Crippen LogP contribution in [0.2, 0.25) is 0 Å². The molecule has 1 aromatic heterocycles. The summed E-state index contributed by atoms with van der Waals surface area (Å²) >= 11 is 0. The van der Waals surface area contributed by atoms with Crippen molar-refractivity contribution in [3.05, 3.63) is 17.0 Å². The van der Waals surface area contributed by atoms with E-state index in [2.05, 4.69) is 10.2 Å². The number of nitrogens with zero attached hydrogens (tertiary/aromatic N) is 1. The molecule has 62 valence electrons. The van der Waals surface area contributed by atoms with Gasteiger partial charge in [-0.15, -0.1) is 0 Å². The summed E-state index contributed by atoms with van der Waals surface area (Å²) in [6.07, 6.45) is 2.16. The van der Waals surface area contributed by atoms with Gasteiger partial charge in [0.25, 0.3) is 0 Å². The van der Waals surface area contributed by atoms with Crippen LogP contribution in [-0.2, 0) is 6.42 Å². The number of carbonyl (C=O) groups is 1. The number of H-pyrrole nitrogens is 1. The highest BCUT2D eigenvalue weighted by Crippen LogP contribution is 2.56. The maximum absolute atomic E-state index is 10.7. The third kappa shape index (κ3) is 0.581. The topological polar surface area (TPSA) is 66.0 Å². The predicted octanol–water partition coefficient (Wildman–Crippen LogP) is 0.767. The molecule has 1 heterocycles. The Hall–Kier alpha value is -1.32. The van der Waals surface area contributed by atoms with E-state index in [1.54, 1.807) is 0 Å². The second-order valence-corrected chi connectivity index (χ2v) is 3.58. The number of hydrogen-bond donors (Lipinski definition) is 2. The Morgan fingerprint density at radius 2 is 2.50 bits per heavy atom. The number of carboxylic acid groups (broad SMARTS) is 1. The first-order valence-electron chi connectivity index (χ1n) is 4.08. The predicted molar refractivity (Wildman–Crippen MR) is 40.1 cm³/mol. The maximum Gasteiger partial charge on any atom is 0.356 e. The quantitative estimate of drug-likeness (QED) is 0.644. The van der Waals surface area contributed by atoms with Crippen LogP contribution >= 0.6 is 0 Å². The van der Waals surface area contributed by atoms with Gasteiger partial charge in [0.15, 0.2) is 5.69 Å². The molecule has 12 heavy (non-hydrogen) atoms. The summed E-state index contributed by atoms with van der Waals surface area (Å²) in [5.41, 5.74) is 2.27. The number of aromatic amines is 1. The third-order valence-electron chi connectivity index (χ3n) is 2.85. The molecule has 2 aliphatic rings. The number of carboxylic acids is 1. The van der Waals surface area contributed by atoms with Crippen LogP contribution in [-0.4, -0.2) is 21.3 Å². The molecule has 4 nitrogen and oxygen atoms in total. The molecule has 2 atom stereocenters. The molecule has 0 amide bonds. The molecule has 0 spiro atoms. The summed E-state index contributed by atoms with van der Waals surface area (Å²) in [6, 6.07) is 0. The smallest absolute Gasteiger partial charge is 0.356 e. The molecule has 0 saturated heterocycles. The molecule has 1 aromatic rings. The lowest BCUT2D eigenvalue weighted by Gasteiger charge is -1.92. The molecule has 2 aliphatic carbocycles. The highest BCUT2D eigenvalue weighted by atomic mass is 16.4. The minimum atomic E-state index is -0.903. The van der Waals surface area contributed by atoms with E-state index in [4.69, 9.17) is 5.11 Å². The summed E-state index contributed by atoms with van der Waals surface area (Å²) in [7, 11) is 0. The van der Waals surface area contributed by atoms with E-state index in [-0.39, 0.29) is 5.69 Å². The van der Waals surface area contributed by atoms with E-state index < -0.39 is 5.97 Å². The summed E-state index contributed by atoms with van der Waals surface area (Å²) in [6.45, 7) is 0. The Balaban J connectivity index is 2.17. The van der Waals surface area contributed by atoms with Crippen LogP contribution in [0.3, 0.4) is 0 Å². The first-order chi connectivity index (χ1) is 5.77. The Morgan fingerprint density at radius 1 is 1.67 bits per heavy atom. The van der Waals surface area contributed by atoms with Gasteiger partial charge in [-0.1, -0.05) is 0 Å². The molecular weight excluding hydrogens is 156 g/mol. The molecule has 4 heteroatoms. The third-order valence-corrected chi connectivity index (χ3v) is 2.85. The van der Waals surface area contributed by atoms with Crippen LogP contribution in [0.4, 0.5) is 0 Å². The first-order valence-corrected chi connectivity index (χ1v) is 4.08. The maximum atomic E-state index is 10.7. The van der Waals surface area contributed by atoms with Gasteiger partial charge in [-0.3, -0.25) is 5.10 Å². The number of nitrogens with one attached hydrogen (secondary N) is 1. The van der Waals surface area contributed by atoms with Crippen LogP contribution in [0.5, 0.6) is 0 Å². The van der Waals surface area contributed by atoms with Crippen molar-refractivity contribution in [2.24, 2.45) is 5.92 Å². The Kier molecular flexibility index (Phi) is 0.885. The van der Waals surface area contributed by atoms with E-state index in [1.807, 2.05) is 0 Å². The zero-order valence-corrected chi connectivity index (χ0v) is 6.37. The van der Waals surface area contributed by atoms with Crippen LogP contribution < -0.4 is 0 Å². The fourth-order valence-corrected chi connectivity index (χ4v) is 2.19. The van der Waals surface area contributed by atoms with Crippen molar-refractivity contribution < 1.29 is 9.90 Å². The van der Waals surface area contributed by atoms with Gasteiger partial charge in [0, 0.05) is 11.3 Å². The van der Waals surface area contributed by atoms with Gasteiger partial charge in [-0.25, -0.2) is 4.79 Å². The summed E-state index contributed by atoms with van der Waals surface area (Å²) in [4.78, 5) is 10.7. The normalized spacial score (nSPS) is 29.7. The highest BCUT2D eigenvalue weighted by molar-refractivity contribution is 5.88. The fourth-order valence-electron chi connectivity index (χ4n) is 2.19. The van der Waals surface area contributed by atoms with Crippen molar-refractivity contribution in [1.29, 1.82) is 0 Å².